The fourth-order valence-electron chi connectivity index (χ4n) is 3.59. The molecule has 0 saturated carbocycles. The average Bonchev–Trinajstić information content (AvgIpc) is 3.41. The van der Waals surface area contributed by atoms with Crippen LogP contribution < -0.4 is 9.64 Å². The number of hydrogen-bond donors (Lipinski definition) is 1. The minimum absolute atomic E-state index is 0.193. The number of carbonyl (C=O) groups excluding carboxylic acids is 2. The largest absolute Gasteiger partial charge is 0.507 e. The number of anilines is 1. The average molecular weight is 470 g/mol. The maximum absolute atomic E-state index is 14.6. The van der Waals surface area contributed by atoms with Gasteiger partial charge in [-0.1, -0.05) is 19.9 Å². The Morgan fingerprint density at radius 1 is 1.12 bits per heavy atom. The Kier molecular flexibility index (Phi) is 6.29. The van der Waals surface area contributed by atoms with Crippen molar-refractivity contribution in [3.63, 3.8) is 0 Å². The quantitative estimate of drug-likeness (QED) is 0.286. The van der Waals surface area contributed by atoms with E-state index < -0.39 is 35.1 Å². The number of Topliss-reactive ketones (excluding diaryl/α,β-unsaturated/α-hetero) is 1. The van der Waals surface area contributed by atoms with Crippen molar-refractivity contribution in [2.45, 2.75) is 19.9 Å². The van der Waals surface area contributed by atoms with E-state index in [2.05, 4.69) is 0 Å². The lowest BCUT2D eigenvalue weighted by atomic mass is 9.99. The zero-order valence-electron chi connectivity index (χ0n) is 17.9. The van der Waals surface area contributed by atoms with Crippen LogP contribution in [0.1, 0.15) is 30.3 Å². The van der Waals surface area contributed by atoms with Gasteiger partial charge in [0.1, 0.15) is 29.2 Å². The fraction of sp³-hybridized carbons (Fsp3) is 0.200. The van der Waals surface area contributed by atoms with Gasteiger partial charge in [0.05, 0.1) is 17.9 Å². The van der Waals surface area contributed by atoms with Gasteiger partial charge < -0.3 is 9.84 Å². The molecule has 1 unspecified atom stereocenters. The van der Waals surface area contributed by atoms with Crippen molar-refractivity contribution in [3.05, 3.63) is 87.6 Å². The lowest BCUT2D eigenvalue weighted by Crippen LogP contribution is -2.30. The maximum atomic E-state index is 14.6. The van der Waals surface area contributed by atoms with Gasteiger partial charge in [-0.15, -0.1) is 11.3 Å². The molecule has 1 N–H and O–H groups in total. The topological polar surface area (TPSA) is 66.8 Å². The summed E-state index contributed by atoms with van der Waals surface area (Å²) in [4.78, 5) is 27.4. The third-order valence-electron chi connectivity index (χ3n) is 5.14. The number of thiophene rings is 1. The summed E-state index contributed by atoms with van der Waals surface area (Å²) in [6.45, 7) is 4.56. The highest BCUT2D eigenvalue weighted by atomic mass is 32.1. The van der Waals surface area contributed by atoms with Crippen LogP contribution in [0.15, 0.2) is 65.6 Å². The van der Waals surface area contributed by atoms with Crippen molar-refractivity contribution >= 4 is 34.5 Å². The molecule has 2 heterocycles. The molecular weight excluding hydrogens is 448 g/mol. The Hall–Kier alpha value is -3.52. The number of nitrogens with zero attached hydrogens (tertiary/aromatic N) is 1. The van der Waals surface area contributed by atoms with E-state index in [-0.39, 0.29) is 11.3 Å². The Labute approximate surface area is 193 Å². The van der Waals surface area contributed by atoms with Crippen molar-refractivity contribution in [1.82, 2.24) is 0 Å². The van der Waals surface area contributed by atoms with Crippen LogP contribution >= 0.6 is 11.3 Å². The smallest absolute Gasteiger partial charge is 0.300 e. The first-order valence-corrected chi connectivity index (χ1v) is 11.2. The molecule has 1 fully saturated rings. The highest BCUT2D eigenvalue weighted by Crippen LogP contribution is 2.44. The Balaban J connectivity index is 1.81. The van der Waals surface area contributed by atoms with Gasteiger partial charge in [-0.25, -0.2) is 8.78 Å². The summed E-state index contributed by atoms with van der Waals surface area (Å²) in [7, 11) is 0. The molecule has 0 spiro atoms. The number of ether oxygens (including phenoxy) is 1. The molecule has 1 atom stereocenters. The Morgan fingerprint density at radius 2 is 1.85 bits per heavy atom. The minimum atomic E-state index is -1.10. The number of benzene rings is 2. The standard InChI is InChI=1S/C25H21F2NO4S/c1-14(2)13-32-17-8-5-15(6-9-17)23(29)21-22(20-4-3-11-33-20)28(25(31)24(21)30)19-12-16(26)7-10-18(19)27/h3-12,14,22,29H,13H2,1-2H3/b23-21-. The van der Waals surface area contributed by atoms with Crippen LogP contribution in [-0.4, -0.2) is 23.4 Å². The molecule has 2 aromatic carbocycles. The number of carbonyl (C=O) groups is 2. The first kappa shape index (κ1) is 22.7. The molecule has 1 aromatic heterocycles. The van der Waals surface area contributed by atoms with Crippen LogP contribution in [0.2, 0.25) is 0 Å². The summed E-state index contributed by atoms with van der Waals surface area (Å²) in [6, 6.07) is 11.4. The monoisotopic (exact) mass is 469 g/mol. The first-order valence-electron chi connectivity index (χ1n) is 10.3. The van der Waals surface area contributed by atoms with Crippen molar-refractivity contribution in [2.24, 2.45) is 5.92 Å². The van der Waals surface area contributed by atoms with E-state index in [1.54, 1.807) is 41.8 Å². The van der Waals surface area contributed by atoms with Crippen LogP contribution in [0.4, 0.5) is 14.5 Å². The van der Waals surface area contributed by atoms with E-state index in [0.717, 1.165) is 23.1 Å². The molecule has 1 aliphatic rings. The molecule has 33 heavy (non-hydrogen) atoms. The van der Waals surface area contributed by atoms with Gasteiger partial charge >= 0.3 is 0 Å². The van der Waals surface area contributed by atoms with Crippen molar-refractivity contribution in [2.75, 3.05) is 11.5 Å². The molecule has 0 radical (unpaired) electrons. The number of ketones is 1. The first-order chi connectivity index (χ1) is 15.8. The maximum Gasteiger partial charge on any atom is 0.300 e. The van der Waals surface area contributed by atoms with E-state index >= 15 is 0 Å². The van der Waals surface area contributed by atoms with Crippen LogP contribution in [0, 0.1) is 17.6 Å². The van der Waals surface area contributed by atoms with Crippen LogP contribution in [0.5, 0.6) is 5.75 Å². The normalized spacial score (nSPS) is 17.7. The molecule has 1 amide bonds. The number of rotatable bonds is 6. The van der Waals surface area contributed by atoms with E-state index in [0.29, 0.717) is 28.7 Å². The van der Waals surface area contributed by atoms with Gasteiger partial charge in [-0.05, 0) is 53.8 Å². The SMILES string of the molecule is CC(C)COc1ccc(/C(O)=C2/C(=O)C(=O)N(c3cc(F)ccc3F)C2c2cccs2)cc1. The number of aliphatic hydroxyl groups is 1. The zero-order chi connectivity index (χ0) is 23.7. The predicted octanol–water partition coefficient (Wildman–Crippen LogP) is 5.69. The third-order valence-corrected chi connectivity index (χ3v) is 6.06. The highest BCUT2D eigenvalue weighted by molar-refractivity contribution is 7.10. The molecule has 0 bridgehead atoms. The van der Waals surface area contributed by atoms with Gasteiger partial charge in [-0.2, -0.15) is 0 Å². The summed E-state index contributed by atoms with van der Waals surface area (Å²) in [5.41, 5.74) is -0.264. The van der Waals surface area contributed by atoms with Crippen LogP contribution in [0.3, 0.4) is 0 Å². The minimum Gasteiger partial charge on any atom is -0.507 e. The summed E-state index contributed by atoms with van der Waals surface area (Å²) in [5.74, 6) is -3.10. The predicted molar refractivity (Wildman–Crippen MR) is 122 cm³/mol. The van der Waals surface area contributed by atoms with E-state index in [9.17, 15) is 23.5 Å². The zero-order valence-corrected chi connectivity index (χ0v) is 18.7. The van der Waals surface area contributed by atoms with Gasteiger partial charge in [0.15, 0.2) is 0 Å². The van der Waals surface area contributed by atoms with E-state index in [4.69, 9.17) is 4.74 Å². The van der Waals surface area contributed by atoms with Gasteiger partial charge in [0.2, 0.25) is 0 Å². The molecule has 1 saturated heterocycles. The second-order valence-corrected chi connectivity index (χ2v) is 8.99. The molecule has 0 aliphatic carbocycles. The number of halogens is 2. The second-order valence-electron chi connectivity index (χ2n) is 8.01. The van der Waals surface area contributed by atoms with Crippen molar-refractivity contribution in [1.29, 1.82) is 0 Å². The molecular formula is C25H21F2NO4S. The van der Waals surface area contributed by atoms with Gasteiger partial charge in [-0.3, -0.25) is 14.5 Å². The van der Waals surface area contributed by atoms with Crippen molar-refractivity contribution < 1.29 is 28.2 Å². The molecule has 4 rings (SSSR count). The van der Waals surface area contributed by atoms with Crippen LogP contribution in [-0.2, 0) is 9.59 Å². The summed E-state index contributed by atoms with van der Waals surface area (Å²) < 4.78 is 34.1. The van der Waals surface area contributed by atoms with E-state index in [1.165, 1.54) is 11.3 Å². The lowest BCUT2D eigenvalue weighted by molar-refractivity contribution is -0.132. The summed E-state index contributed by atoms with van der Waals surface area (Å²) in [6.07, 6.45) is 0. The van der Waals surface area contributed by atoms with Gasteiger partial charge in [0, 0.05) is 16.5 Å². The summed E-state index contributed by atoms with van der Waals surface area (Å²) >= 11 is 1.23. The lowest BCUT2D eigenvalue weighted by Gasteiger charge is -2.24. The number of aliphatic hydroxyl groups excluding tert-OH is 1. The molecule has 170 valence electrons. The highest BCUT2D eigenvalue weighted by Gasteiger charge is 2.48. The number of amides is 1. The molecule has 5 nitrogen and oxygen atoms in total. The van der Waals surface area contributed by atoms with Crippen LogP contribution in [0.25, 0.3) is 5.76 Å². The van der Waals surface area contributed by atoms with E-state index in [1.807, 2.05) is 13.8 Å². The number of hydrogen-bond acceptors (Lipinski definition) is 5. The second kappa shape index (κ2) is 9.15. The third kappa shape index (κ3) is 4.39. The fourth-order valence-corrected chi connectivity index (χ4v) is 4.42. The van der Waals surface area contributed by atoms with Gasteiger partial charge in [0.25, 0.3) is 11.7 Å². The summed E-state index contributed by atoms with van der Waals surface area (Å²) in [5, 5.41) is 12.8. The Bertz CT molecular complexity index is 1220. The van der Waals surface area contributed by atoms with Crippen molar-refractivity contribution in [3.8, 4) is 5.75 Å². The molecule has 3 aromatic rings. The Morgan fingerprint density at radius 3 is 2.48 bits per heavy atom. The molecule has 1 aliphatic heterocycles. The molecule has 8 heteroatoms.